The van der Waals surface area contributed by atoms with E-state index in [2.05, 4.69) is 21.2 Å². The summed E-state index contributed by atoms with van der Waals surface area (Å²) in [6, 6.07) is 6.09. The smallest absolute Gasteiger partial charge is 0.0931 e. The molecular formula is C10H8BrCl2NS2. The van der Waals surface area contributed by atoms with Crippen LogP contribution in [0.2, 0.25) is 9.36 Å². The van der Waals surface area contributed by atoms with Gasteiger partial charge in [0.15, 0.2) is 0 Å². The van der Waals surface area contributed by atoms with E-state index in [1.165, 1.54) is 9.75 Å². The van der Waals surface area contributed by atoms with E-state index in [1.54, 1.807) is 22.7 Å². The highest BCUT2D eigenvalue weighted by Crippen LogP contribution is 2.39. The molecule has 1 N–H and O–H groups in total. The Balaban J connectivity index is 2.36. The van der Waals surface area contributed by atoms with Gasteiger partial charge in [-0.1, -0.05) is 23.2 Å². The van der Waals surface area contributed by atoms with Crippen LogP contribution < -0.4 is 5.32 Å². The summed E-state index contributed by atoms with van der Waals surface area (Å²) in [4.78, 5) is 2.37. The predicted octanol–water partition coefficient (Wildman–Crippen LogP) is 5.19. The molecule has 1 nitrogen and oxygen atoms in total. The quantitative estimate of drug-likeness (QED) is 0.798. The van der Waals surface area contributed by atoms with Crippen molar-refractivity contribution in [3.63, 3.8) is 0 Å². The predicted molar refractivity (Wildman–Crippen MR) is 77.3 cm³/mol. The van der Waals surface area contributed by atoms with E-state index in [9.17, 15) is 0 Å². The fraction of sp³-hybridized carbons (Fsp3) is 0.200. The largest absolute Gasteiger partial charge is 0.308 e. The first-order chi connectivity index (χ1) is 7.61. The molecule has 16 heavy (non-hydrogen) atoms. The molecule has 1 atom stereocenters. The zero-order chi connectivity index (χ0) is 11.7. The fourth-order valence-electron chi connectivity index (χ4n) is 1.41. The van der Waals surface area contributed by atoms with Gasteiger partial charge in [-0.3, -0.25) is 0 Å². The average Bonchev–Trinajstić information content (AvgIpc) is 2.77. The van der Waals surface area contributed by atoms with E-state index < -0.39 is 0 Å². The second-order valence-corrected chi connectivity index (χ2v) is 7.69. The molecule has 2 heterocycles. The van der Waals surface area contributed by atoms with Crippen LogP contribution in [0.1, 0.15) is 15.8 Å². The third-order valence-corrected chi connectivity index (χ3v) is 5.95. The van der Waals surface area contributed by atoms with Gasteiger partial charge in [0, 0.05) is 9.75 Å². The molecule has 1 unspecified atom stereocenters. The summed E-state index contributed by atoms with van der Waals surface area (Å²) in [6.45, 7) is 0. The number of thiophene rings is 2. The topological polar surface area (TPSA) is 12.0 Å². The van der Waals surface area contributed by atoms with Crippen LogP contribution >= 0.6 is 61.8 Å². The van der Waals surface area contributed by atoms with Crippen molar-refractivity contribution in [2.24, 2.45) is 0 Å². The van der Waals surface area contributed by atoms with Crippen molar-refractivity contribution in [2.75, 3.05) is 7.05 Å². The van der Waals surface area contributed by atoms with E-state index in [0.29, 0.717) is 0 Å². The van der Waals surface area contributed by atoms with Crippen molar-refractivity contribution in [2.45, 2.75) is 6.04 Å². The minimum absolute atomic E-state index is 0.159. The van der Waals surface area contributed by atoms with Crippen LogP contribution in [0.15, 0.2) is 22.0 Å². The zero-order valence-corrected chi connectivity index (χ0v) is 13.0. The Kier molecular flexibility index (Phi) is 4.32. The summed E-state index contributed by atoms with van der Waals surface area (Å²) in [5.41, 5.74) is 0. The van der Waals surface area contributed by atoms with Gasteiger partial charge >= 0.3 is 0 Å². The molecule has 2 aromatic rings. The van der Waals surface area contributed by atoms with E-state index in [1.807, 2.05) is 25.2 Å². The zero-order valence-electron chi connectivity index (χ0n) is 8.26. The molecule has 0 aromatic carbocycles. The minimum atomic E-state index is 0.159. The highest BCUT2D eigenvalue weighted by atomic mass is 79.9. The summed E-state index contributed by atoms with van der Waals surface area (Å²) in [6.07, 6.45) is 0. The van der Waals surface area contributed by atoms with Crippen molar-refractivity contribution in [3.8, 4) is 0 Å². The number of halogens is 3. The van der Waals surface area contributed by atoms with Crippen molar-refractivity contribution in [1.82, 2.24) is 5.32 Å². The number of hydrogen-bond donors (Lipinski definition) is 1. The number of nitrogens with one attached hydrogen (secondary N) is 1. The van der Waals surface area contributed by atoms with Crippen molar-refractivity contribution >= 4 is 61.8 Å². The van der Waals surface area contributed by atoms with Gasteiger partial charge in [0.2, 0.25) is 0 Å². The lowest BCUT2D eigenvalue weighted by Crippen LogP contribution is -2.14. The van der Waals surface area contributed by atoms with Gasteiger partial charge in [-0.2, -0.15) is 0 Å². The molecule has 0 spiro atoms. The Morgan fingerprint density at radius 2 is 2.00 bits per heavy atom. The molecule has 0 aliphatic rings. The molecule has 0 aliphatic heterocycles. The van der Waals surface area contributed by atoms with Crippen molar-refractivity contribution < 1.29 is 0 Å². The van der Waals surface area contributed by atoms with Crippen LogP contribution in [-0.2, 0) is 0 Å². The van der Waals surface area contributed by atoms with Gasteiger partial charge < -0.3 is 5.32 Å². The molecule has 2 aromatic heterocycles. The molecule has 0 fully saturated rings. The van der Waals surface area contributed by atoms with Gasteiger partial charge in [-0.15, -0.1) is 22.7 Å². The lowest BCUT2D eigenvalue weighted by atomic mass is 10.2. The standard InChI is InChI=1S/C10H8BrCl2NS2/c1-14-9(6-2-3-8(13)15-6)7-4-5(12)10(11)16-7/h2-4,9,14H,1H3. The van der Waals surface area contributed by atoms with Crippen molar-refractivity contribution in [3.05, 3.63) is 41.1 Å². The van der Waals surface area contributed by atoms with E-state index >= 15 is 0 Å². The molecule has 6 heteroatoms. The lowest BCUT2D eigenvalue weighted by molar-refractivity contribution is 0.716. The number of rotatable bonds is 3. The lowest BCUT2D eigenvalue weighted by Gasteiger charge is -2.11. The maximum Gasteiger partial charge on any atom is 0.0931 e. The molecule has 0 saturated carbocycles. The van der Waals surface area contributed by atoms with Gasteiger partial charge in [-0.25, -0.2) is 0 Å². The monoisotopic (exact) mass is 355 g/mol. The van der Waals surface area contributed by atoms with Gasteiger partial charge in [0.25, 0.3) is 0 Å². The second-order valence-electron chi connectivity index (χ2n) is 3.13. The third-order valence-electron chi connectivity index (χ3n) is 2.12. The third kappa shape index (κ3) is 2.63. The SMILES string of the molecule is CNC(c1ccc(Cl)s1)c1cc(Cl)c(Br)s1. The van der Waals surface area contributed by atoms with Gasteiger partial charge in [0.05, 0.1) is 19.2 Å². The Morgan fingerprint density at radius 1 is 1.25 bits per heavy atom. The molecule has 0 bridgehead atoms. The summed E-state index contributed by atoms with van der Waals surface area (Å²) >= 11 is 18.6. The maximum absolute atomic E-state index is 6.04. The maximum atomic E-state index is 6.04. The molecule has 86 valence electrons. The van der Waals surface area contributed by atoms with Crippen LogP contribution in [0.5, 0.6) is 0 Å². The summed E-state index contributed by atoms with van der Waals surface area (Å²) in [7, 11) is 1.93. The van der Waals surface area contributed by atoms with E-state index in [0.717, 1.165) is 13.1 Å². The summed E-state index contributed by atoms with van der Waals surface area (Å²) < 4.78 is 1.77. The summed E-state index contributed by atoms with van der Waals surface area (Å²) in [5.74, 6) is 0. The molecule has 0 amide bonds. The van der Waals surface area contributed by atoms with Gasteiger partial charge in [0.1, 0.15) is 0 Å². The average molecular weight is 357 g/mol. The Hall–Kier alpha value is 0.420. The van der Waals surface area contributed by atoms with Crippen LogP contribution in [0.3, 0.4) is 0 Å². The second kappa shape index (κ2) is 5.38. The fourth-order valence-corrected chi connectivity index (χ4v) is 4.55. The van der Waals surface area contributed by atoms with Crippen LogP contribution in [0.25, 0.3) is 0 Å². The Bertz CT molecular complexity index is 475. The molecule has 0 saturated heterocycles. The van der Waals surface area contributed by atoms with E-state index in [-0.39, 0.29) is 6.04 Å². The molecule has 0 radical (unpaired) electrons. The molecular weight excluding hydrogens is 349 g/mol. The highest BCUT2D eigenvalue weighted by molar-refractivity contribution is 9.11. The first-order valence-electron chi connectivity index (χ1n) is 4.49. The summed E-state index contributed by atoms with van der Waals surface area (Å²) in [5, 5.41) is 4.02. The van der Waals surface area contributed by atoms with E-state index in [4.69, 9.17) is 23.2 Å². The highest BCUT2D eigenvalue weighted by Gasteiger charge is 2.17. The van der Waals surface area contributed by atoms with Gasteiger partial charge in [-0.05, 0) is 41.2 Å². The van der Waals surface area contributed by atoms with Crippen LogP contribution in [0, 0.1) is 0 Å². The molecule has 2 rings (SSSR count). The normalized spacial score (nSPS) is 13.0. The van der Waals surface area contributed by atoms with Crippen LogP contribution in [0.4, 0.5) is 0 Å². The first-order valence-corrected chi connectivity index (χ1v) is 7.67. The Labute approximate surface area is 121 Å². The Morgan fingerprint density at radius 3 is 2.44 bits per heavy atom. The number of hydrogen-bond acceptors (Lipinski definition) is 3. The minimum Gasteiger partial charge on any atom is -0.308 e. The van der Waals surface area contributed by atoms with Crippen LogP contribution in [-0.4, -0.2) is 7.05 Å². The van der Waals surface area contributed by atoms with Crippen molar-refractivity contribution in [1.29, 1.82) is 0 Å². The first kappa shape index (κ1) is 12.9. The molecule has 0 aliphatic carbocycles.